The molecule has 1 aromatic carbocycles. The Labute approximate surface area is 118 Å². The quantitative estimate of drug-likeness (QED) is 0.874. The smallest absolute Gasteiger partial charge is 0.0620 e. The van der Waals surface area contributed by atoms with E-state index >= 15 is 0 Å². The molecule has 0 spiro atoms. The first-order valence-corrected chi connectivity index (χ1v) is 7.02. The molecule has 1 saturated carbocycles. The molecule has 0 saturated heterocycles. The van der Waals surface area contributed by atoms with E-state index in [4.69, 9.17) is 28.9 Å². The summed E-state index contributed by atoms with van der Waals surface area (Å²) in [6.07, 6.45) is 3.30. The SMILES string of the molecule is CC1(O)CCC(CN)(c2ccc(Cl)c(Cl)c2)CC1. The third-order valence-corrected chi connectivity index (χ3v) is 4.95. The van der Waals surface area contributed by atoms with Crippen LogP contribution in [0.2, 0.25) is 10.0 Å². The first-order chi connectivity index (χ1) is 8.38. The van der Waals surface area contributed by atoms with Gasteiger partial charge in [0.25, 0.3) is 0 Å². The van der Waals surface area contributed by atoms with Crippen molar-refractivity contribution in [2.45, 2.75) is 43.6 Å². The molecule has 0 bridgehead atoms. The molecule has 0 atom stereocenters. The van der Waals surface area contributed by atoms with Crippen LogP contribution in [0.15, 0.2) is 18.2 Å². The molecular weight excluding hydrogens is 269 g/mol. The van der Waals surface area contributed by atoms with Gasteiger partial charge in [-0.15, -0.1) is 0 Å². The van der Waals surface area contributed by atoms with Gasteiger partial charge in [0, 0.05) is 12.0 Å². The molecule has 100 valence electrons. The van der Waals surface area contributed by atoms with Gasteiger partial charge in [0.1, 0.15) is 0 Å². The van der Waals surface area contributed by atoms with Crippen LogP contribution in [0.1, 0.15) is 38.2 Å². The van der Waals surface area contributed by atoms with Gasteiger partial charge in [0.05, 0.1) is 15.6 Å². The minimum Gasteiger partial charge on any atom is -0.390 e. The van der Waals surface area contributed by atoms with Crippen LogP contribution in [0.5, 0.6) is 0 Å². The number of aliphatic hydroxyl groups is 1. The molecule has 0 aromatic heterocycles. The largest absolute Gasteiger partial charge is 0.390 e. The lowest BCUT2D eigenvalue weighted by Crippen LogP contribution is -2.44. The highest BCUT2D eigenvalue weighted by atomic mass is 35.5. The topological polar surface area (TPSA) is 46.2 Å². The summed E-state index contributed by atoms with van der Waals surface area (Å²) in [5.74, 6) is 0. The molecule has 0 heterocycles. The zero-order valence-corrected chi connectivity index (χ0v) is 12.1. The van der Waals surface area contributed by atoms with E-state index in [-0.39, 0.29) is 5.41 Å². The second kappa shape index (κ2) is 5.01. The van der Waals surface area contributed by atoms with E-state index in [0.29, 0.717) is 16.6 Å². The Kier molecular flexibility index (Phi) is 3.93. The van der Waals surface area contributed by atoms with Crippen molar-refractivity contribution >= 4 is 23.2 Å². The molecule has 1 aliphatic rings. The Morgan fingerprint density at radius 2 is 1.78 bits per heavy atom. The number of benzene rings is 1. The molecule has 4 heteroatoms. The maximum Gasteiger partial charge on any atom is 0.0620 e. The van der Waals surface area contributed by atoms with Crippen molar-refractivity contribution in [2.75, 3.05) is 6.54 Å². The van der Waals surface area contributed by atoms with E-state index in [1.165, 1.54) is 0 Å². The van der Waals surface area contributed by atoms with Gasteiger partial charge >= 0.3 is 0 Å². The van der Waals surface area contributed by atoms with Crippen LogP contribution in [0.3, 0.4) is 0 Å². The monoisotopic (exact) mass is 287 g/mol. The fourth-order valence-electron chi connectivity index (χ4n) is 2.70. The van der Waals surface area contributed by atoms with Crippen molar-refractivity contribution in [3.05, 3.63) is 33.8 Å². The second-order valence-corrected chi connectivity index (χ2v) is 6.42. The Morgan fingerprint density at radius 1 is 1.17 bits per heavy atom. The number of hydrogen-bond donors (Lipinski definition) is 2. The minimum absolute atomic E-state index is 0.0729. The van der Waals surface area contributed by atoms with E-state index in [0.717, 1.165) is 31.2 Å². The number of halogens is 2. The molecule has 1 aliphatic carbocycles. The Bertz CT molecular complexity index is 435. The lowest BCUT2D eigenvalue weighted by molar-refractivity contribution is 0.00144. The van der Waals surface area contributed by atoms with Crippen LogP contribution < -0.4 is 5.73 Å². The highest BCUT2D eigenvalue weighted by Crippen LogP contribution is 2.43. The summed E-state index contributed by atoms with van der Waals surface area (Å²) in [6.45, 7) is 2.46. The average molecular weight is 288 g/mol. The molecule has 2 nitrogen and oxygen atoms in total. The molecular formula is C14H19Cl2NO. The molecule has 0 aliphatic heterocycles. The van der Waals surface area contributed by atoms with Gasteiger partial charge in [-0.2, -0.15) is 0 Å². The zero-order valence-electron chi connectivity index (χ0n) is 10.5. The van der Waals surface area contributed by atoms with Gasteiger partial charge in [-0.05, 0) is 50.3 Å². The Morgan fingerprint density at radius 3 is 2.28 bits per heavy atom. The lowest BCUT2D eigenvalue weighted by Gasteiger charge is -2.42. The van der Waals surface area contributed by atoms with E-state index in [9.17, 15) is 5.11 Å². The van der Waals surface area contributed by atoms with Gasteiger partial charge in [0.2, 0.25) is 0 Å². The minimum atomic E-state index is -0.561. The first kappa shape index (κ1) is 14.1. The predicted octanol–water partition coefficient (Wildman–Crippen LogP) is 3.51. The van der Waals surface area contributed by atoms with Crippen molar-refractivity contribution in [3.63, 3.8) is 0 Å². The van der Waals surface area contributed by atoms with Crippen molar-refractivity contribution in [3.8, 4) is 0 Å². The summed E-state index contributed by atoms with van der Waals surface area (Å²) in [6, 6.07) is 5.74. The van der Waals surface area contributed by atoms with Crippen LogP contribution >= 0.6 is 23.2 Å². The fraction of sp³-hybridized carbons (Fsp3) is 0.571. The molecule has 1 aromatic rings. The number of hydrogen-bond acceptors (Lipinski definition) is 2. The van der Waals surface area contributed by atoms with Crippen molar-refractivity contribution in [1.29, 1.82) is 0 Å². The standard InChI is InChI=1S/C14H19Cl2NO/c1-13(18)4-6-14(9-17,7-5-13)10-2-3-11(15)12(16)8-10/h2-3,8,18H,4-7,9,17H2,1H3. The molecule has 0 radical (unpaired) electrons. The average Bonchev–Trinajstić information content (AvgIpc) is 2.34. The molecule has 3 N–H and O–H groups in total. The highest BCUT2D eigenvalue weighted by Gasteiger charge is 2.39. The lowest BCUT2D eigenvalue weighted by atomic mass is 9.65. The summed E-state index contributed by atoms with van der Waals surface area (Å²) in [5, 5.41) is 11.2. The summed E-state index contributed by atoms with van der Waals surface area (Å²) in [5.41, 5.74) is 6.49. The number of rotatable bonds is 2. The third-order valence-electron chi connectivity index (χ3n) is 4.21. The van der Waals surface area contributed by atoms with Crippen molar-refractivity contribution in [1.82, 2.24) is 0 Å². The maximum atomic E-state index is 10.1. The van der Waals surface area contributed by atoms with Crippen molar-refractivity contribution in [2.24, 2.45) is 5.73 Å². The first-order valence-electron chi connectivity index (χ1n) is 6.27. The zero-order chi connectivity index (χ0) is 13.4. The van der Waals surface area contributed by atoms with Crippen LogP contribution in [0.4, 0.5) is 0 Å². The highest BCUT2D eigenvalue weighted by molar-refractivity contribution is 6.42. The van der Waals surface area contributed by atoms with Crippen LogP contribution in [0.25, 0.3) is 0 Å². The normalized spacial score (nSPS) is 32.5. The summed E-state index contributed by atoms with van der Waals surface area (Å²) >= 11 is 12.0. The van der Waals surface area contributed by atoms with Crippen molar-refractivity contribution < 1.29 is 5.11 Å². The molecule has 0 amide bonds. The van der Waals surface area contributed by atoms with Crippen LogP contribution in [-0.2, 0) is 5.41 Å². The summed E-state index contributed by atoms with van der Waals surface area (Å²) in [7, 11) is 0. The number of nitrogens with two attached hydrogens (primary N) is 1. The molecule has 0 unspecified atom stereocenters. The summed E-state index contributed by atoms with van der Waals surface area (Å²) in [4.78, 5) is 0. The van der Waals surface area contributed by atoms with Crippen LogP contribution in [0, 0.1) is 0 Å². The van der Waals surface area contributed by atoms with Crippen LogP contribution in [-0.4, -0.2) is 17.3 Å². The Hall–Kier alpha value is -0.280. The molecule has 2 rings (SSSR count). The van der Waals surface area contributed by atoms with E-state index in [1.807, 2.05) is 25.1 Å². The van der Waals surface area contributed by atoms with E-state index < -0.39 is 5.60 Å². The Balaban J connectivity index is 2.30. The second-order valence-electron chi connectivity index (χ2n) is 5.61. The third kappa shape index (κ3) is 2.67. The summed E-state index contributed by atoms with van der Waals surface area (Å²) < 4.78 is 0. The van der Waals surface area contributed by atoms with Gasteiger partial charge < -0.3 is 10.8 Å². The van der Waals surface area contributed by atoms with E-state index in [2.05, 4.69) is 0 Å². The van der Waals surface area contributed by atoms with E-state index in [1.54, 1.807) is 0 Å². The van der Waals surface area contributed by atoms with Gasteiger partial charge in [-0.3, -0.25) is 0 Å². The predicted molar refractivity (Wildman–Crippen MR) is 76.3 cm³/mol. The molecule has 1 fully saturated rings. The van der Waals surface area contributed by atoms with Gasteiger partial charge in [-0.25, -0.2) is 0 Å². The maximum absolute atomic E-state index is 10.1. The van der Waals surface area contributed by atoms with Gasteiger partial charge in [-0.1, -0.05) is 29.3 Å². The van der Waals surface area contributed by atoms with Gasteiger partial charge in [0.15, 0.2) is 0 Å². The molecule has 18 heavy (non-hydrogen) atoms. The fourth-order valence-corrected chi connectivity index (χ4v) is 3.00.